The molecule has 0 fully saturated rings. The maximum Gasteiger partial charge on any atom is 0.279 e. The molecule has 28 heavy (non-hydrogen) atoms. The van der Waals surface area contributed by atoms with Crippen molar-refractivity contribution in [2.45, 2.75) is 6.92 Å². The molecule has 3 N–H and O–H groups in total. The second-order valence-electron chi connectivity index (χ2n) is 6.42. The van der Waals surface area contributed by atoms with Gasteiger partial charge in [-0.25, -0.2) is 0 Å². The minimum Gasteiger partial charge on any atom is -0.486 e. The van der Waals surface area contributed by atoms with E-state index in [-0.39, 0.29) is 24.9 Å². The highest BCUT2D eigenvalue weighted by molar-refractivity contribution is 6.30. The molecule has 2 aromatic rings. The highest BCUT2D eigenvalue weighted by Gasteiger charge is 2.18. The summed E-state index contributed by atoms with van der Waals surface area (Å²) in [6.45, 7) is 3.95. The first-order chi connectivity index (χ1) is 13.5. The lowest BCUT2D eigenvalue weighted by Crippen LogP contribution is -3.13. The number of ether oxygens (including phenoxy) is 2. The van der Waals surface area contributed by atoms with Crippen LogP contribution in [0.1, 0.15) is 6.92 Å². The lowest BCUT2D eigenvalue weighted by atomic mass is 10.2. The number of anilines is 2. The molecule has 148 valence electrons. The number of carbonyl (C=O) groups is 2. The van der Waals surface area contributed by atoms with E-state index in [9.17, 15) is 9.59 Å². The van der Waals surface area contributed by atoms with Crippen molar-refractivity contribution in [2.24, 2.45) is 0 Å². The smallest absolute Gasteiger partial charge is 0.279 e. The Labute approximate surface area is 168 Å². The average molecular weight is 405 g/mol. The van der Waals surface area contributed by atoms with E-state index in [0.717, 1.165) is 4.90 Å². The van der Waals surface area contributed by atoms with Crippen molar-refractivity contribution in [1.82, 2.24) is 0 Å². The van der Waals surface area contributed by atoms with Crippen LogP contribution in [0.3, 0.4) is 0 Å². The van der Waals surface area contributed by atoms with Crippen LogP contribution in [0.5, 0.6) is 11.5 Å². The predicted octanol–water partition coefficient (Wildman–Crippen LogP) is 1.59. The quantitative estimate of drug-likeness (QED) is 0.654. The van der Waals surface area contributed by atoms with Crippen molar-refractivity contribution in [3.8, 4) is 11.5 Å². The maximum atomic E-state index is 12.4. The van der Waals surface area contributed by atoms with Crippen LogP contribution >= 0.6 is 11.6 Å². The fourth-order valence-corrected chi connectivity index (χ4v) is 2.96. The molecular formula is C20H23ClN3O4+. The van der Waals surface area contributed by atoms with E-state index in [1.165, 1.54) is 0 Å². The van der Waals surface area contributed by atoms with E-state index >= 15 is 0 Å². The van der Waals surface area contributed by atoms with Gasteiger partial charge in [0.1, 0.15) is 13.2 Å². The molecule has 0 radical (unpaired) electrons. The SMILES string of the molecule is CC[NH+](CC(=O)Nc1ccc(Cl)cc1)CC(=O)Nc1ccc2c(c1)OCCO2. The first kappa shape index (κ1) is 20.0. The van der Waals surface area contributed by atoms with Gasteiger partial charge in [-0.2, -0.15) is 0 Å². The average Bonchev–Trinajstić information content (AvgIpc) is 2.69. The molecule has 1 aliphatic heterocycles. The van der Waals surface area contributed by atoms with Crippen molar-refractivity contribution >= 4 is 34.8 Å². The Hall–Kier alpha value is -2.77. The van der Waals surface area contributed by atoms with E-state index in [0.29, 0.717) is 47.7 Å². The normalized spacial score (nSPS) is 13.5. The molecule has 1 aliphatic rings. The van der Waals surface area contributed by atoms with Crippen molar-refractivity contribution in [3.63, 3.8) is 0 Å². The maximum absolute atomic E-state index is 12.4. The van der Waals surface area contributed by atoms with E-state index in [1.54, 1.807) is 42.5 Å². The highest BCUT2D eigenvalue weighted by Crippen LogP contribution is 2.32. The van der Waals surface area contributed by atoms with Crippen LogP contribution in [0.4, 0.5) is 11.4 Å². The number of amides is 2. The second kappa shape index (κ2) is 9.43. The van der Waals surface area contributed by atoms with Crippen LogP contribution in [0, 0.1) is 0 Å². The van der Waals surface area contributed by atoms with Crippen LogP contribution < -0.4 is 25.0 Å². The molecule has 7 nitrogen and oxygen atoms in total. The van der Waals surface area contributed by atoms with Crippen molar-refractivity contribution in [1.29, 1.82) is 0 Å². The van der Waals surface area contributed by atoms with Gasteiger partial charge in [0, 0.05) is 22.5 Å². The molecule has 2 amide bonds. The van der Waals surface area contributed by atoms with Crippen LogP contribution in [0.2, 0.25) is 5.02 Å². The Bertz CT molecular complexity index is 842. The van der Waals surface area contributed by atoms with Crippen molar-refractivity contribution in [3.05, 3.63) is 47.5 Å². The Morgan fingerprint density at radius 2 is 1.50 bits per heavy atom. The first-order valence-electron chi connectivity index (χ1n) is 9.12. The fraction of sp³-hybridized carbons (Fsp3) is 0.300. The van der Waals surface area contributed by atoms with Gasteiger partial charge in [-0.3, -0.25) is 9.59 Å². The van der Waals surface area contributed by atoms with Gasteiger partial charge in [-0.1, -0.05) is 11.6 Å². The molecule has 1 atom stereocenters. The number of benzene rings is 2. The number of carbonyl (C=O) groups excluding carboxylic acids is 2. The van der Waals surface area contributed by atoms with Crippen LogP contribution in [0.15, 0.2) is 42.5 Å². The van der Waals surface area contributed by atoms with E-state index in [1.807, 2.05) is 6.92 Å². The van der Waals surface area contributed by atoms with Gasteiger partial charge in [-0.15, -0.1) is 0 Å². The summed E-state index contributed by atoms with van der Waals surface area (Å²) < 4.78 is 11.0. The third-order valence-electron chi connectivity index (χ3n) is 4.28. The molecule has 3 rings (SSSR count). The van der Waals surface area contributed by atoms with Gasteiger partial charge in [0.2, 0.25) is 0 Å². The van der Waals surface area contributed by atoms with Gasteiger partial charge in [0.25, 0.3) is 11.8 Å². The summed E-state index contributed by atoms with van der Waals surface area (Å²) in [4.78, 5) is 25.5. The van der Waals surface area contributed by atoms with E-state index < -0.39 is 0 Å². The standard InChI is InChI=1S/C20H22ClN3O4/c1-2-24(12-19(25)22-15-5-3-14(21)4-6-15)13-20(26)23-16-7-8-17-18(11-16)28-10-9-27-17/h3-8,11H,2,9-10,12-13H2,1H3,(H,22,25)(H,23,26)/p+1. The molecular weight excluding hydrogens is 382 g/mol. The summed E-state index contributed by atoms with van der Waals surface area (Å²) in [5, 5.41) is 6.26. The summed E-state index contributed by atoms with van der Waals surface area (Å²) in [6.07, 6.45) is 0. The molecule has 0 saturated heterocycles. The predicted molar refractivity (Wildman–Crippen MR) is 107 cm³/mol. The van der Waals surface area contributed by atoms with Gasteiger partial charge in [0.05, 0.1) is 6.54 Å². The number of likely N-dealkylation sites (N-methyl/N-ethyl adjacent to an activating group) is 1. The van der Waals surface area contributed by atoms with Crippen LogP contribution in [-0.2, 0) is 9.59 Å². The number of rotatable bonds is 7. The first-order valence-corrected chi connectivity index (χ1v) is 9.50. The summed E-state index contributed by atoms with van der Waals surface area (Å²) in [7, 11) is 0. The molecule has 2 aromatic carbocycles. The van der Waals surface area contributed by atoms with E-state index in [4.69, 9.17) is 21.1 Å². The van der Waals surface area contributed by atoms with E-state index in [2.05, 4.69) is 10.6 Å². The molecule has 8 heteroatoms. The van der Waals surface area contributed by atoms with Gasteiger partial charge >= 0.3 is 0 Å². The number of hydrogen-bond acceptors (Lipinski definition) is 4. The molecule has 0 bridgehead atoms. The highest BCUT2D eigenvalue weighted by atomic mass is 35.5. The Morgan fingerprint density at radius 1 is 0.929 bits per heavy atom. The van der Waals surface area contributed by atoms with Crippen LogP contribution in [-0.4, -0.2) is 44.7 Å². The largest absolute Gasteiger partial charge is 0.486 e. The fourth-order valence-electron chi connectivity index (χ4n) is 2.83. The topological polar surface area (TPSA) is 81.1 Å². The number of hydrogen-bond donors (Lipinski definition) is 3. The molecule has 0 aliphatic carbocycles. The summed E-state index contributed by atoms with van der Waals surface area (Å²) >= 11 is 5.84. The van der Waals surface area contributed by atoms with Gasteiger partial charge < -0.3 is 25.0 Å². The zero-order valence-corrected chi connectivity index (χ0v) is 16.3. The molecule has 0 spiro atoms. The zero-order chi connectivity index (χ0) is 19.9. The molecule has 0 aromatic heterocycles. The summed E-state index contributed by atoms with van der Waals surface area (Å²) in [6, 6.07) is 12.2. The molecule has 1 unspecified atom stereocenters. The van der Waals surface area contributed by atoms with Gasteiger partial charge in [0.15, 0.2) is 24.6 Å². The molecule has 1 heterocycles. The number of quaternary nitrogens is 1. The Morgan fingerprint density at radius 3 is 2.14 bits per heavy atom. The minimum absolute atomic E-state index is 0.161. The van der Waals surface area contributed by atoms with Crippen LogP contribution in [0.25, 0.3) is 0 Å². The third-order valence-corrected chi connectivity index (χ3v) is 4.53. The zero-order valence-electron chi connectivity index (χ0n) is 15.6. The number of fused-ring (bicyclic) bond motifs is 1. The Kier molecular flexibility index (Phi) is 6.73. The number of nitrogens with one attached hydrogen (secondary N) is 3. The molecule has 0 saturated carbocycles. The van der Waals surface area contributed by atoms with Crippen molar-refractivity contribution in [2.75, 3.05) is 43.5 Å². The lowest BCUT2D eigenvalue weighted by molar-refractivity contribution is -0.881. The monoisotopic (exact) mass is 404 g/mol. The summed E-state index contributed by atoms with van der Waals surface area (Å²) in [5.74, 6) is 0.953. The van der Waals surface area contributed by atoms with Crippen molar-refractivity contribution < 1.29 is 24.0 Å². The minimum atomic E-state index is -0.173. The van der Waals surface area contributed by atoms with Gasteiger partial charge in [-0.05, 0) is 43.3 Å². The summed E-state index contributed by atoms with van der Waals surface area (Å²) in [5.41, 5.74) is 1.31. The lowest BCUT2D eigenvalue weighted by Gasteiger charge is -2.20. The number of halogens is 1. The third kappa shape index (κ3) is 5.61. The Balaban J connectivity index is 1.51. The second-order valence-corrected chi connectivity index (χ2v) is 6.86.